The Morgan fingerprint density at radius 3 is 2.92 bits per heavy atom. The maximum absolute atomic E-state index is 13.2. The van der Waals surface area contributed by atoms with Crippen LogP contribution in [0, 0.1) is 5.82 Å². The van der Waals surface area contributed by atoms with Crippen molar-refractivity contribution in [1.29, 1.82) is 0 Å². The molecule has 4 heteroatoms. The van der Waals surface area contributed by atoms with Crippen LogP contribution in [0.3, 0.4) is 0 Å². The zero-order valence-corrected chi connectivity index (χ0v) is 8.12. The van der Waals surface area contributed by atoms with E-state index in [1.54, 1.807) is 6.07 Å². The molecular weight excluding hydrogens is 246 g/mol. The van der Waals surface area contributed by atoms with Crippen molar-refractivity contribution in [3.05, 3.63) is 33.7 Å². The van der Waals surface area contributed by atoms with E-state index in [1.807, 2.05) is 0 Å². The van der Waals surface area contributed by atoms with Gasteiger partial charge in [-0.1, -0.05) is 11.6 Å². The maximum atomic E-state index is 13.2. The topological polar surface area (TPSA) is 13.1 Å². The summed E-state index contributed by atoms with van der Waals surface area (Å²) in [6, 6.07) is 3.20. The van der Waals surface area contributed by atoms with Gasteiger partial charge in [0.05, 0.1) is 9.50 Å². The second kappa shape index (κ2) is 2.75. The molecule has 12 heavy (non-hydrogen) atoms. The Bertz CT molecular complexity index is 438. The van der Waals surface area contributed by atoms with Gasteiger partial charge < -0.3 is 4.42 Å². The molecule has 0 N–H and O–H groups in total. The molecule has 0 fully saturated rings. The molecule has 0 spiro atoms. The summed E-state index contributed by atoms with van der Waals surface area (Å²) in [6.45, 7) is 0. The normalized spacial score (nSPS) is 10.9. The van der Waals surface area contributed by atoms with E-state index >= 15 is 0 Å². The summed E-state index contributed by atoms with van der Waals surface area (Å²) in [6.07, 6.45) is 1.43. The third-order valence-electron chi connectivity index (χ3n) is 1.59. The SMILES string of the molecule is Fc1c(Cl)ccc2c(Br)coc12. The quantitative estimate of drug-likeness (QED) is 0.688. The van der Waals surface area contributed by atoms with Crippen molar-refractivity contribution < 1.29 is 8.81 Å². The minimum Gasteiger partial charge on any atom is -0.460 e. The molecule has 1 aromatic carbocycles. The van der Waals surface area contributed by atoms with E-state index in [0.717, 1.165) is 4.47 Å². The second-order valence-electron chi connectivity index (χ2n) is 2.32. The maximum Gasteiger partial charge on any atom is 0.184 e. The Balaban J connectivity index is 2.93. The van der Waals surface area contributed by atoms with Crippen LogP contribution in [0.5, 0.6) is 0 Å². The number of hydrogen-bond acceptors (Lipinski definition) is 1. The van der Waals surface area contributed by atoms with Crippen molar-refractivity contribution in [1.82, 2.24) is 0 Å². The van der Waals surface area contributed by atoms with E-state index in [-0.39, 0.29) is 10.6 Å². The molecule has 1 aromatic heterocycles. The van der Waals surface area contributed by atoms with Gasteiger partial charge in [0.2, 0.25) is 0 Å². The molecule has 0 bridgehead atoms. The minimum atomic E-state index is -0.514. The third-order valence-corrected chi connectivity index (χ3v) is 2.49. The average molecular weight is 249 g/mol. The van der Waals surface area contributed by atoms with Gasteiger partial charge in [-0.2, -0.15) is 0 Å². The molecule has 0 saturated carbocycles. The summed E-state index contributed by atoms with van der Waals surface area (Å²) in [5.74, 6) is -0.514. The predicted octanol–water partition coefficient (Wildman–Crippen LogP) is 3.99. The molecule has 1 nitrogen and oxygen atoms in total. The van der Waals surface area contributed by atoms with Gasteiger partial charge in [-0.05, 0) is 28.1 Å². The van der Waals surface area contributed by atoms with E-state index in [2.05, 4.69) is 15.9 Å². The third kappa shape index (κ3) is 1.04. The molecule has 0 amide bonds. The first-order valence-corrected chi connectivity index (χ1v) is 4.38. The summed E-state index contributed by atoms with van der Waals surface area (Å²) >= 11 is 8.77. The smallest absolute Gasteiger partial charge is 0.184 e. The van der Waals surface area contributed by atoms with Crippen LogP contribution in [0.25, 0.3) is 11.0 Å². The highest BCUT2D eigenvalue weighted by molar-refractivity contribution is 9.10. The number of rotatable bonds is 0. The molecule has 0 atom stereocenters. The van der Waals surface area contributed by atoms with Crippen LogP contribution in [-0.4, -0.2) is 0 Å². The van der Waals surface area contributed by atoms with Crippen LogP contribution in [0.2, 0.25) is 5.02 Å². The lowest BCUT2D eigenvalue weighted by Crippen LogP contribution is -1.76. The highest BCUT2D eigenvalue weighted by Gasteiger charge is 2.10. The highest BCUT2D eigenvalue weighted by Crippen LogP contribution is 2.30. The van der Waals surface area contributed by atoms with Crippen LogP contribution in [0.4, 0.5) is 4.39 Å². The van der Waals surface area contributed by atoms with Crippen molar-refractivity contribution in [3.63, 3.8) is 0 Å². The van der Waals surface area contributed by atoms with Crippen molar-refractivity contribution >= 4 is 38.5 Å². The molecule has 0 aliphatic rings. The van der Waals surface area contributed by atoms with Gasteiger partial charge in [-0.3, -0.25) is 0 Å². The second-order valence-corrected chi connectivity index (χ2v) is 3.58. The molecule has 1 heterocycles. The van der Waals surface area contributed by atoms with Crippen molar-refractivity contribution in [2.24, 2.45) is 0 Å². The highest BCUT2D eigenvalue weighted by atomic mass is 79.9. The molecule has 0 unspecified atom stereocenters. The first kappa shape index (κ1) is 8.08. The van der Waals surface area contributed by atoms with Gasteiger partial charge in [0, 0.05) is 5.39 Å². The van der Waals surface area contributed by atoms with Gasteiger partial charge in [0.1, 0.15) is 6.26 Å². The molecule has 0 radical (unpaired) electrons. The van der Waals surface area contributed by atoms with Crippen LogP contribution in [0.15, 0.2) is 27.3 Å². The first-order valence-electron chi connectivity index (χ1n) is 3.21. The molecule has 62 valence electrons. The monoisotopic (exact) mass is 248 g/mol. The zero-order valence-electron chi connectivity index (χ0n) is 5.77. The number of furan rings is 1. The molecule has 0 saturated heterocycles. The van der Waals surface area contributed by atoms with Crippen LogP contribution < -0.4 is 0 Å². The van der Waals surface area contributed by atoms with Gasteiger partial charge >= 0.3 is 0 Å². The molecule has 2 aromatic rings. The van der Waals surface area contributed by atoms with E-state index in [9.17, 15) is 4.39 Å². The largest absolute Gasteiger partial charge is 0.460 e. The Kier molecular flexibility index (Phi) is 1.85. The number of fused-ring (bicyclic) bond motifs is 1. The van der Waals surface area contributed by atoms with Crippen LogP contribution >= 0.6 is 27.5 Å². The van der Waals surface area contributed by atoms with Gasteiger partial charge in [-0.25, -0.2) is 4.39 Å². The number of benzene rings is 1. The lowest BCUT2D eigenvalue weighted by atomic mass is 10.2. The Labute approximate surface area is 81.2 Å². The molecular formula is C8H3BrClFO. The fourth-order valence-corrected chi connectivity index (χ4v) is 1.56. The molecule has 0 aliphatic heterocycles. The Hall–Kier alpha value is -0.540. The van der Waals surface area contributed by atoms with Crippen molar-refractivity contribution in [2.45, 2.75) is 0 Å². The molecule has 2 rings (SSSR count). The fourth-order valence-electron chi connectivity index (χ4n) is 1.01. The summed E-state index contributed by atoms with van der Waals surface area (Å²) in [5.41, 5.74) is 0.189. The summed E-state index contributed by atoms with van der Waals surface area (Å²) in [5, 5.41) is 0.765. The van der Waals surface area contributed by atoms with E-state index in [1.165, 1.54) is 12.3 Å². The summed E-state index contributed by atoms with van der Waals surface area (Å²) < 4.78 is 18.8. The minimum absolute atomic E-state index is 0.0735. The summed E-state index contributed by atoms with van der Waals surface area (Å²) in [7, 11) is 0. The van der Waals surface area contributed by atoms with E-state index in [4.69, 9.17) is 16.0 Å². The Morgan fingerprint density at radius 2 is 2.17 bits per heavy atom. The van der Waals surface area contributed by atoms with Crippen molar-refractivity contribution in [3.8, 4) is 0 Å². The van der Waals surface area contributed by atoms with Gasteiger partial charge in [-0.15, -0.1) is 0 Å². The van der Waals surface area contributed by atoms with Crippen LogP contribution in [-0.2, 0) is 0 Å². The number of halogens is 3. The predicted molar refractivity (Wildman–Crippen MR) is 48.9 cm³/mol. The first-order chi connectivity index (χ1) is 5.70. The van der Waals surface area contributed by atoms with Crippen molar-refractivity contribution in [2.75, 3.05) is 0 Å². The number of hydrogen-bond donors (Lipinski definition) is 0. The van der Waals surface area contributed by atoms with E-state index < -0.39 is 5.82 Å². The Morgan fingerprint density at radius 1 is 1.42 bits per heavy atom. The fraction of sp³-hybridized carbons (Fsp3) is 0. The standard InChI is InChI=1S/C8H3BrClFO/c9-5-3-12-8-4(5)1-2-6(10)7(8)11/h1-3H. The lowest BCUT2D eigenvalue weighted by molar-refractivity contribution is 0.560. The lowest BCUT2D eigenvalue weighted by Gasteiger charge is -1.93. The van der Waals surface area contributed by atoms with Crippen LogP contribution in [0.1, 0.15) is 0 Å². The summed E-state index contributed by atoms with van der Waals surface area (Å²) in [4.78, 5) is 0. The average Bonchev–Trinajstić information content (AvgIpc) is 2.41. The van der Waals surface area contributed by atoms with Gasteiger partial charge in [0.15, 0.2) is 11.4 Å². The van der Waals surface area contributed by atoms with Gasteiger partial charge in [0.25, 0.3) is 0 Å². The molecule has 0 aliphatic carbocycles. The zero-order chi connectivity index (χ0) is 8.72. The van der Waals surface area contributed by atoms with E-state index in [0.29, 0.717) is 5.39 Å².